The van der Waals surface area contributed by atoms with E-state index in [1.165, 1.54) is 23.9 Å². The monoisotopic (exact) mass is 333 g/mol. The smallest absolute Gasteiger partial charge is 0.230 e. The van der Waals surface area contributed by atoms with E-state index in [0.717, 1.165) is 10.6 Å². The molecular weight excluding hydrogens is 314 g/mol. The zero-order valence-corrected chi connectivity index (χ0v) is 13.5. The summed E-state index contributed by atoms with van der Waals surface area (Å²) in [6, 6.07) is 13.8. The second-order valence-corrected chi connectivity index (χ2v) is 5.93. The number of methoxy groups -OCH3 is 1. The summed E-state index contributed by atoms with van der Waals surface area (Å²) in [5.74, 6) is 0.910. The fourth-order valence-corrected chi connectivity index (χ4v) is 2.73. The summed E-state index contributed by atoms with van der Waals surface area (Å²) in [5.41, 5.74) is 0.561. The van der Waals surface area contributed by atoms with Crippen LogP contribution in [0, 0.1) is 0 Å². The van der Waals surface area contributed by atoms with Gasteiger partial charge in [-0.25, -0.2) is 0 Å². The van der Waals surface area contributed by atoms with Crippen LogP contribution in [-0.2, 0) is 4.79 Å². The number of carbonyl (C=O) groups excluding carboxylic acids is 1. The lowest BCUT2D eigenvalue weighted by Crippen LogP contribution is -2.29. The Bertz CT molecular complexity index is 663. The van der Waals surface area contributed by atoms with Gasteiger partial charge in [-0.1, -0.05) is 18.2 Å². The van der Waals surface area contributed by atoms with Gasteiger partial charge in [0.25, 0.3) is 0 Å². The Labute approximate surface area is 139 Å². The Kier molecular flexibility index (Phi) is 6.31. The van der Waals surface area contributed by atoms with Crippen LogP contribution in [0.1, 0.15) is 11.7 Å². The molecule has 0 radical (unpaired) electrons. The first-order valence-corrected chi connectivity index (χ1v) is 8.07. The summed E-state index contributed by atoms with van der Waals surface area (Å²) in [6.07, 6.45) is -0.854. The van der Waals surface area contributed by atoms with E-state index in [-0.39, 0.29) is 24.0 Å². The first-order valence-electron chi connectivity index (χ1n) is 7.09. The number of benzene rings is 2. The molecule has 1 unspecified atom stereocenters. The minimum absolute atomic E-state index is 0.0847. The standard InChI is InChI=1S/C17H19NO4S/c1-22-14-6-3-7-15(9-14)23-11-17(21)18-10-16(20)12-4-2-5-13(19)8-12/h2-9,16,19-20H,10-11H2,1H3,(H,18,21). The van der Waals surface area contributed by atoms with E-state index < -0.39 is 6.10 Å². The molecule has 3 N–H and O–H groups in total. The van der Waals surface area contributed by atoms with E-state index in [1.54, 1.807) is 19.2 Å². The molecule has 1 atom stereocenters. The molecule has 23 heavy (non-hydrogen) atoms. The second-order valence-electron chi connectivity index (χ2n) is 4.88. The van der Waals surface area contributed by atoms with E-state index in [4.69, 9.17) is 4.74 Å². The normalized spacial score (nSPS) is 11.7. The third-order valence-corrected chi connectivity index (χ3v) is 4.15. The summed E-state index contributed by atoms with van der Waals surface area (Å²) >= 11 is 1.39. The van der Waals surface area contributed by atoms with Crippen molar-refractivity contribution in [1.82, 2.24) is 5.32 Å². The molecule has 0 aromatic heterocycles. The largest absolute Gasteiger partial charge is 0.508 e. The van der Waals surface area contributed by atoms with Crippen LogP contribution in [0.5, 0.6) is 11.5 Å². The summed E-state index contributed by atoms with van der Waals surface area (Å²) in [4.78, 5) is 12.8. The highest BCUT2D eigenvalue weighted by atomic mass is 32.2. The number of nitrogens with one attached hydrogen (secondary N) is 1. The van der Waals surface area contributed by atoms with Crippen LogP contribution in [0.2, 0.25) is 0 Å². The van der Waals surface area contributed by atoms with Gasteiger partial charge in [-0.2, -0.15) is 0 Å². The Morgan fingerprint density at radius 2 is 2.04 bits per heavy atom. The van der Waals surface area contributed by atoms with Crippen molar-refractivity contribution in [3.05, 3.63) is 54.1 Å². The van der Waals surface area contributed by atoms with Crippen LogP contribution in [0.4, 0.5) is 0 Å². The Hall–Kier alpha value is -2.18. The zero-order valence-electron chi connectivity index (χ0n) is 12.7. The molecule has 2 aromatic rings. The Morgan fingerprint density at radius 1 is 1.26 bits per heavy atom. The topological polar surface area (TPSA) is 78.8 Å². The van der Waals surface area contributed by atoms with Gasteiger partial charge < -0.3 is 20.3 Å². The molecule has 2 aromatic carbocycles. The highest BCUT2D eigenvalue weighted by molar-refractivity contribution is 8.00. The van der Waals surface area contributed by atoms with Gasteiger partial charge in [0, 0.05) is 11.4 Å². The van der Waals surface area contributed by atoms with Crippen molar-refractivity contribution >= 4 is 17.7 Å². The van der Waals surface area contributed by atoms with Gasteiger partial charge >= 0.3 is 0 Å². The number of hydrogen-bond acceptors (Lipinski definition) is 5. The van der Waals surface area contributed by atoms with E-state index in [2.05, 4.69) is 5.32 Å². The number of aliphatic hydroxyl groups is 1. The number of aromatic hydroxyl groups is 1. The number of ether oxygens (including phenoxy) is 1. The quantitative estimate of drug-likeness (QED) is 0.678. The number of phenols is 1. The van der Waals surface area contributed by atoms with Gasteiger partial charge in [0.1, 0.15) is 11.5 Å². The number of thioether (sulfide) groups is 1. The van der Waals surface area contributed by atoms with Crippen LogP contribution in [0.3, 0.4) is 0 Å². The number of rotatable bonds is 7. The summed E-state index contributed by atoms with van der Waals surface area (Å²) < 4.78 is 5.13. The van der Waals surface area contributed by atoms with Crippen LogP contribution < -0.4 is 10.1 Å². The van der Waals surface area contributed by atoms with Crippen LogP contribution in [0.25, 0.3) is 0 Å². The molecule has 122 valence electrons. The van der Waals surface area contributed by atoms with Crippen molar-refractivity contribution in [2.24, 2.45) is 0 Å². The maximum Gasteiger partial charge on any atom is 0.230 e. The van der Waals surface area contributed by atoms with E-state index in [1.807, 2.05) is 24.3 Å². The third-order valence-electron chi connectivity index (χ3n) is 3.16. The van der Waals surface area contributed by atoms with Crippen molar-refractivity contribution in [1.29, 1.82) is 0 Å². The molecule has 0 aliphatic rings. The minimum Gasteiger partial charge on any atom is -0.508 e. The van der Waals surface area contributed by atoms with Gasteiger partial charge in [-0.05, 0) is 35.9 Å². The molecule has 0 saturated carbocycles. The van der Waals surface area contributed by atoms with Gasteiger partial charge in [0.15, 0.2) is 0 Å². The predicted molar refractivity (Wildman–Crippen MR) is 89.8 cm³/mol. The maximum atomic E-state index is 11.8. The van der Waals surface area contributed by atoms with Gasteiger partial charge in [0.05, 0.1) is 19.0 Å². The van der Waals surface area contributed by atoms with Crippen molar-refractivity contribution in [3.63, 3.8) is 0 Å². The van der Waals surface area contributed by atoms with Gasteiger partial charge in [-0.15, -0.1) is 11.8 Å². The molecule has 2 rings (SSSR count). The van der Waals surface area contributed by atoms with Crippen LogP contribution in [0.15, 0.2) is 53.4 Å². The minimum atomic E-state index is -0.854. The molecule has 1 amide bonds. The van der Waals surface area contributed by atoms with Crippen LogP contribution >= 0.6 is 11.8 Å². The molecule has 6 heteroatoms. The first kappa shape index (κ1) is 17.2. The molecule has 0 fully saturated rings. The maximum absolute atomic E-state index is 11.8. The molecular formula is C17H19NO4S. The SMILES string of the molecule is COc1cccc(SCC(=O)NCC(O)c2cccc(O)c2)c1. The highest BCUT2D eigenvalue weighted by Gasteiger charge is 2.10. The number of hydrogen-bond donors (Lipinski definition) is 3. The van der Waals surface area contributed by atoms with E-state index in [0.29, 0.717) is 5.56 Å². The summed E-state index contributed by atoms with van der Waals surface area (Å²) in [5, 5.41) is 22.1. The third kappa shape index (κ3) is 5.50. The second kappa shape index (κ2) is 8.45. The number of amides is 1. The lowest BCUT2D eigenvalue weighted by atomic mass is 10.1. The summed E-state index contributed by atoms with van der Waals surface area (Å²) in [7, 11) is 1.60. The Morgan fingerprint density at radius 3 is 2.78 bits per heavy atom. The molecule has 0 aliphatic carbocycles. The fourth-order valence-electron chi connectivity index (χ4n) is 1.95. The lowest BCUT2D eigenvalue weighted by Gasteiger charge is -2.12. The molecule has 0 heterocycles. The van der Waals surface area contributed by atoms with Crippen molar-refractivity contribution in [2.75, 3.05) is 19.4 Å². The fraction of sp³-hybridized carbons (Fsp3) is 0.235. The number of phenolic OH excluding ortho intramolecular Hbond substituents is 1. The number of carbonyl (C=O) groups is 1. The van der Waals surface area contributed by atoms with E-state index in [9.17, 15) is 15.0 Å². The summed E-state index contributed by atoms with van der Waals surface area (Å²) in [6.45, 7) is 0.0982. The lowest BCUT2D eigenvalue weighted by molar-refractivity contribution is -0.119. The molecule has 5 nitrogen and oxygen atoms in total. The molecule has 0 saturated heterocycles. The first-order chi connectivity index (χ1) is 11.1. The average Bonchev–Trinajstić information content (AvgIpc) is 2.58. The van der Waals surface area contributed by atoms with Gasteiger partial charge in [0.2, 0.25) is 5.91 Å². The van der Waals surface area contributed by atoms with E-state index >= 15 is 0 Å². The van der Waals surface area contributed by atoms with Crippen molar-refractivity contribution < 1.29 is 19.7 Å². The van der Waals surface area contributed by atoms with Crippen LogP contribution in [-0.4, -0.2) is 35.5 Å². The van der Waals surface area contributed by atoms with Gasteiger partial charge in [-0.3, -0.25) is 4.79 Å². The van der Waals surface area contributed by atoms with Crippen molar-refractivity contribution in [2.45, 2.75) is 11.0 Å². The highest BCUT2D eigenvalue weighted by Crippen LogP contribution is 2.22. The molecule has 0 bridgehead atoms. The predicted octanol–water partition coefficient (Wildman–Crippen LogP) is 2.34. The Balaban J connectivity index is 1.78. The van der Waals surface area contributed by atoms with Crippen molar-refractivity contribution in [3.8, 4) is 11.5 Å². The average molecular weight is 333 g/mol. The zero-order chi connectivity index (χ0) is 16.7. The number of aliphatic hydroxyl groups excluding tert-OH is 1. The molecule has 0 aliphatic heterocycles. The molecule has 0 spiro atoms.